The van der Waals surface area contributed by atoms with Crippen molar-refractivity contribution in [3.05, 3.63) is 63.7 Å². The Kier molecular flexibility index (Phi) is 3.76. The molecule has 0 aliphatic carbocycles. The Labute approximate surface area is 147 Å². The van der Waals surface area contributed by atoms with Gasteiger partial charge in [0, 0.05) is 30.3 Å². The lowest BCUT2D eigenvalue weighted by Crippen LogP contribution is -2.48. The van der Waals surface area contributed by atoms with Crippen molar-refractivity contribution in [2.45, 2.75) is 12.8 Å². The van der Waals surface area contributed by atoms with Crippen LogP contribution in [-0.2, 0) is 0 Å². The topological polar surface area (TPSA) is 116 Å². The fourth-order valence-corrected chi connectivity index (χ4v) is 2.83. The van der Waals surface area contributed by atoms with Crippen LogP contribution in [0.2, 0.25) is 0 Å². The third kappa shape index (κ3) is 2.73. The number of aromatic nitrogens is 2. The van der Waals surface area contributed by atoms with Crippen molar-refractivity contribution in [3.63, 3.8) is 0 Å². The van der Waals surface area contributed by atoms with E-state index in [-0.39, 0.29) is 17.5 Å². The Hall–Kier alpha value is -3.49. The molecule has 132 valence electrons. The molecule has 0 saturated carbocycles. The molecule has 1 amide bonds. The Morgan fingerprint density at radius 1 is 1.35 bits per heavy atom. The normalized spacial score (nSPS) is 14.3. The number of rotatable bonds is 4. The van der Waals surface area contributed by atoms with E-state index in [2.05, 4.69) is 10.1 Å². The van der Waals surface area contributed by atoms with Crippen LogP contribution in [-0.4, -0.2) is 39.0 Å². The number of nitro benzene ring substituents is 1. The lowest BCUT2D eigenvalue weighted by Gasteiger charge is -2.37. The SMILES string of the molecule is Cc1ccc(C(=O)N2CC(c3nc(-c4ccco4)no3)C2)cc1[N+](=O)[O-]. The molecule has 3 aromatic rings. The van der Waals surface area contributed by atoms with Crippen LogP contribution in [0.1, 0.15) is 27.7 Å². The maximum atomic E-state index is 12.5. The molecule has 4 rings (SSSR count). The molecule has 1 aliphatic rings. The standard InChI is InChI=1S/C17H14N4O5/c1-10-4-5-11(7-13(10)21(23)24)17(22)20-8-12(9-20)16-18-15(19-26-16)14-3-2-6-25-14/h2-7,12H,8-9H2,1H3. The quantitative estimate of drug-likeness (QED) is 0.522. The van der Waals surface area contributed by atoms with Gasteiger partial charge in [0.25, 0.3) is 11.6 Å². The van der Waals surface area contributed by atoms with Gasteiger partial charge in [-0.3, -0.25) is 14.9 Å². The van der Waals surface area contributed by atoms with E-state index in [0.29, 0.717) is 41.7 Å². The highest BCUT2D eigenvalue weighted by Gasteiger charge is 2.36. The Bertz CT molecular complexity index is 973. The Morgan fingerprint density at radius 3 is 2.85 bits per heavy atom. The second kappa shape index (κ2) is 6.10. The van der Waals surface area contributed by atoms with Crippen LogP contribution >= 0.6 is 0 Å². The van der Waals surface area contributed by atoms with Gasteiger partial charge in [-0.2, -0.15) is 4.98 Å². The van der Waals surface area contributed by atoms with Crippen molar-refractivity contribution in [3.8, 4) is 11.6 Å². The summed E-state index contributed by atoms with van der Waals surface area (Å²) in [4.78, 5) is 28.9. The molecule has 0 unspecified atom stereocenters. The molecule has 2 aromatic heterocycles. The van der Waals surface area contributed by atoms with E-state index in [9.17, 15) is 14.9 Å². The summed E-state index contributed by atoms with van der Waals surface area (Å²) < 4.78 is 10.5. The summed E-state index contributed by atoms with van der Waals surface area (Å²) in [5.41, 5.74) is 0.750. The van der Waals surface area contributed by atoms with Gasteiger partial charge >= 0.3 is 0 Å². The van der Waals surface area contributed by atoms with Crippen LogP contribution in [0.15, 0.2) is 45.5 Å². The first kappa shape index (κ1) is 16.0. The number of benzene rings is 1. The molecule has 0 spiro atoms. The van der Waals surface area contributed by atoms with Crippen molar-refractivity contribution >= 4 is 11.6 Å². The molecule has 1 aromatic carbocycles. The van der Waals surface area contributed by atoms with Gasteiger partial charge in [-0.15, -0.1) is 0 Å². The summed E-state index contributed by atoms with van der Waals surface area (Å²) in [6.45, 7) is 2.47. The number of aryl methyl sites for hydroxylation is 1. The maximum Gasteiger partial charge on any atom is 0.273 e. The minimum Gasteiger partial charge on any atom is -0.461 e. The molecule has 0 N–H and O–H groups in total. The first-order valence-electron chi connectivity index (χ1n) is 7.94. The summed E-state index contributed by atoms with van der Waals surface area (Å²) >= 11 is 0. The largest absolute Gasteiger partial charge is 0.461 e. The smallest absolute Gasteiger partial charge is 0.273 e. The molecule has 1 aliphatic heterocycles. The third-order valence-electron chi connectivity index (χ3n) is 4.35. The summed E-state index contributed by atoms with van der Waals surface area (Å²) in [6, 6.07) is 7.95. The van der Waals surface area contributed by atoms with Crippen LogP contribution in [0, 0.1) is 17.0 Å². The molecule has 0 bridgehead atoms. The zero-order chi connectivity index (χ0) is 18.3. The number of carbonyl (C=O) groups excluding carboxylic acids is 1. The molecule has 0 atom stereocenters. The molecule has 9 heteroatoms. The van der Waals surface area contributed by atoms with Gasteiger partial charge < -0.3 is 13.8 Å². The number of nitrogens with zero attached hydrogens (tertiary/aromatic N) is 4. The van der Waals surface area contributed by atoms with Crippen molar-refractivity contribution in [1.29, 1.82) is 0 Å². The summed E-state index contributed by atoms with van der Waals surface area (Å²) in [7, 11) is 0. The van der Waals surface area contributed by atoms with Gasteiger partial charge in [0.2, 0.25) is 11.7 Å². The van der Waals surface area contributed by atoms with E-state index < -0.39 is 4.92 Å². The lowest BCUT2D eigenvalue weighted by molar-refractivity contribution is -0.385. The molecule has 9 nitrogen and oxygen atoms in total. The fraction of sp³-hybridized carbons (Fsp3) is 0.235. The summed E-state index contributed by atoms with van der Waals surface area (Å²) in [6.07, 6.45) is 1.52. The van der Waals surface area contributed by atoms with E-state index in [1.807, 2.05) is 0 Å². The zero-order valence-corrected chi connectivity index (χ0v) is 13.8. The van der Waals surface area contributed by atoms with E-state index in [1.165, 1.54) is 12.3 Å². The molecule has 26 heavy (non-hydrogen) atoms. The monoisotopic (exact) mass is 354 g/mol. The predicted octanol–water partition coefficient (Wildman–Crippen LogP) is 2.79. The van der Waals surface area contributed by atoms with Crippen LogP contribution in [0.5, 0.6) is 0 Å². The highest BCUT2D eigenvalue weighted by Crippen LogP contribution is 2.30. The number of hydrogen-bond donors (Lipinski definition) is 0. The van der Waals surface area contributed by atoms with E-state index in [4.69, 9.17) is 8.94 Å². The van der Waals surface area contributed by atoms with Crippen molar-refractivity contribution in [2.75, 3.05) is 13.1 Å². The Balaban J connectivity index is 1.44. The maximum absolute atomic E-state index is 12.5. The van der Waals surface area contributed by atoms with Gasteiger partial charge in [0.15, 0.2) is 5.76 Å². The molecular formula is C17H14N4O5. The highest BCUT2D eigenvalue weighted by molar-refractivity contribution is 5.95. The molecule has 1 fully saturated rings. The number of carbonyl (C=O) groups is 1. The summed E-state index contributed by atoms with van der Waals surface area (Å²) in [5, 5.41) is 14.9. The van der Waals surface area contributed by atoms with Gasteiger partial charge in [0.1, 0.15) is 0 Å². The van der Waals surface area contributed by atoms with Crippen LogP contribution in [0.3, 0.4) is 0 Å². The first-order chi connectivity index (χ1) is 12.5. The summed E-state index contributed by atoms with van der Waals surface area (Å²) in [5.74, 6) is 1.00. The Morgan fingerprint density at radius 2 is 2.15 bits per heavy atom. The average molecular weight is 354 g/mol. The van der Waals surface area contributed by atoms with Gasteiger partial charge in [-0.05, 0) is 25.1 Å². The van der Waals surface area contributed by atoms with E-state index in [1.54, 1.807) is 36.1 Å². The second-order valence-corrected chi connectivity index (χ2v) is 6.10. The molecule has 1 saturated heterocycles. The predicted molar refractivity (Wildman–Crippen MR) is 88.5 cm³/mol. The second-order valence-electron chi connectivity index (χ2n) is 6.10. The minimum absolute atomic E-state index is 0.0596. The number of hydrogen-bond acceptors (Lipinski definition) is 7. The number of likely N-dealkylation sites (tertiary alicyclic amines) is 1. The molecular weight excluding hydrogens is 340 g/mol. The third-order valence-corrected chi connectivity index (χ3v) is 4.35. The number of nitro groups is 1. The van der Waals surface area contributed by atoms with E-state index >= 15 is 0 Å². The number of amides is 1. The fourth-order valence-electron chi connectivity index (χ4n) is 2.83. The highest BCUT2D eigenvalue weighted by atomic mass is 16.6. The van der Waals surface area contributed by atoms with Crippen molar-refractivity contribution < 1.29 is 18.7 Å². The van der Waals surface area contributed by atoms with Gasteiger partial charge in [-0.25, -0.2) is 0 Å². The van der Waals surface area contributed by atoms with Gasteiger partial charge in [-0.1, -0.05) is 11.2 Å². The van der Waals surface area contributed by atoms with Gasteiger partial charge in [0.05, 0.1) is 17.1 Å². The average Bonchev–Trinajstić information content (AvgIpc) is 3.25. The minimum atomic E-state index is -0.486. The molecule has 3 heterocycles. The van der Waals surface area contributed by atoms with Crippen LogP contribution < -0.4 is 0 Å². The van der Waals surface area contributed by atoms with Crippen LogP contribution in [0.4, 0.5) is 5.69 Å². The lowest BCUT2D eigenvalue weighted by atomic mass is 9.98. The van der Waals surface area contributed by atoms with Crippen molar-refractivity contribution in [2.24, 2.45) is 0 Å². The molecule has 0 radical (unpaired) electrons. The first-order valence-corrected chi connectivity index (χ1v) is 7.94. The number of furan rings is 1. The van der Waals surface area contributed by atoms with Crippen molar-refractivity contribution in [1.82, 2.24) is 15.0 Å². The van der Waals surface area contributed by atoms with E-state index in [0.717, 1.165) is 0 Å². The zero-order valence-electron chi connectivity index (χ0n) is 13.8. The van der Waals surface area contributed by atoms with Crippen LogP contribution in [0.25, 0.3) is 11.6 Å².